The highest BCUT2D eigenvalue weighted by atomic mass is 19.4. The number of nitro groups is 1. The van der Waals surface area contributed by atoms with Crippen molar-refractivity contribution in [1.82, 2.24) is 0 Å². The number of para-hydroxylation sites is 1. The molecule has 3 aliphatic heterocycles. The molecule has 1 N–H and O–H groups in total. The van der Waals surface area contributed by atoms with Crippen LogP contribution in [0.15, 0.2) is 78.9 Å². The minimum absolute atomic E-state index is 0.178. The number of benzene rings is 3. The van der Waals surface area contributed by atoms with Gasteiger partial charge in [0.15, 0.2) is 0 Å². The lowest BCUT2D eigenvalue weighted by Gasteiger charge is -2.36. The maximum Gasteiger partial charge on any atom is 0.416 e. The summed E-state index contributed by atoms with van der Waals surface area (Å²) in [6.07, 6.45) is -1.17. The van der Waals surface area contributed by atoms with E-state index >= 15 is 0 Å². The van der Waals surface area contributed by atoms with Crippen LogP contribution in [0.25, 0.3) is 6.08 Å². The number of hydrogen-bond donors (Lipinski definition) is 1. The number of nitrogens with zero attached hydrogens (tertiary/aromatic N) is 3. The highest BCUT2D eigenvalue weighted by Gasteiger charge is 2.64. The lowest BCUT2D eigenvalue weighted by Crippen LogP contribution is -2.50. The Kier molecular flexibility index (Phi) is 5.71. The number of amides is 3. The van der Waals surface area contributed by atoms with Crippen molar-refractivity contribution < 1.29 is 32.5 Å². The van der Waals surface area contributed by atoms with Crippen molar-refractivity contribution >= 4 is 46.5 Å². The molecule has 0 bridgehead atoms. The molecule has 3 aromatic carbocycles. The molecule has 0 radical (unpaired) electrons. The van der Waals surface area contributed by atoms with Crippen LogP contribution in [0, 0.1) is 22.0 Å². The van der Waals surface area contributed by atoms with E-state index in [1.165, 1.54) is 30.3 Å². The first-order chi connectivity index (χ1) is 19.1. The molecule has 202 valence electrons. The average Bonchev–Trinajstić information content (AvgIpc) is 3.41. The minimum Gasteiger partial charge on any atom is -0.351 e. The number of alkyl halides is 3. The lowest BCUT2D eigenvalue weighted by molar-refractivity contribution is -0.384. The Morgan fingerprint density at radius 2 is 1.62 bits per heavy atom. The summed E-state index contributed by atoms with van der Waals surface area (Å²) < 4.78 is 40.2. The van der Waals surface area contributed by atoms with E-state index in [9.17, 15) is 37.7 Å². The fraction of sp³-hybridized carbons (Fsp3) is 0.179. The van der Waals surface area contributed by atoms with Crippen LogP contribution in [-0.2, 0) is 20.6 Å². The van der Waals surface area contributed by atoms with E-state index in [-0.39, 0.29) is 17.1 Å². The van der Waals surface area contributed by atoms with Gasteiger partial charge in [-0.1, -0.05) is 36.4 Å². The van der Waals surface area contributed by atoms with E-state index in [2.05, 4.69) is 5.32 Å². The third-order valence-corrected chi connectivity index (χ3v) is 7.46. The van der Waals surface area contributed by atoms with Crippen molar-refractivity contribution in [2.24, 2.45) is 11.8 Å². The quantitative estimate of drug-likeness (QED) is 0.289. The molecule has 0 spiro atoms. The summed E-state index contributed by atoms with van der Waals surface area (Å²) in [5.41, 5.74) is 0.218. The normalized spacial score (nSPS) is 23.1. The van der Waals surface area contributed by atoms with Crippen molar-refractivity contribution in [3.05, 3.63) is 100 Å². The van der Waals surface area contributed by atoms with Crippen LogP contribution in [0.5, 0.6) is 0 Å². The maximum atomic E-state index is 13.8. The second kappa shape index (κ2) is 9.04. The summed E-state index contributed by atoms with van der Waals surface area (Å²) in [7, 11) is 0. The molecule has 9 nitrogen and oxygen atoms in total. The van der Waals surface area contributed by atoms with Crippen molar-refractivity contribution in [2.45, 2.75) is 18.3 Å². The van der Waals surface area contributed by atoms with Crippen molar-refractivity contribution in [1.29, 1.82) is 0 Å². The Morgan fingerprint density at radius 3 is 2.33 bits per heavy atom. The van der Waals surface area contributed by atoms with Crippen LogP contribution in [0.3, 0.4) is 0 Å². The molecule has 12 heteroatoms. The fourth-order valence-electron chi connectivity index (χ4n) is 5.77. The standard InChI is InChI=1S/C28H19F3N4O5/c29-28(30,31)16-5-3-6-19(14-16)33-26(37)22-21-13-8-15-4-1-2-7-20(15)34(21)24(23(22)27(33)38)25(36)32-17-9-11-18(12-10-17)35(39)40/h1-14,21-24H,(H,32,36)/t21-,22-,23-,24+/m0/s1. The van der Waals surface area contributed by atoms with Gasteiger partial charge in [-0.25, -0.2) is 4.90 Å². The van der Waals surface area contributed by atoms with Gasteiger partial charge in [-0.05, 0) is 42.0 Å². The molecular formula is C28H19F3N4O5. The lowest BCUT2D eigenvalue weighted by atomic mass is 9.88. The Labute approximate surface area is 224 Å². The predicted molar refractivity (Wildman–Crippen MR) is 138 cm³/mol. The molecular weight excluding hydrogens is 529 g/mol. The second-order valence-electron chi connectivity index (χ2n) is 9.67. The molecule has 0 saturated carbocycles. The number of carbonyl (C=O) groups is 3. The Bertz CT molecular complexity index is 1600. The largest absolute Gasteiger partial charge is 0.416 e. The number of rotatable bonds is 4. The van der Waals surface area contributed by atoms with E-state index in [1.807, 2.05) is 6.07 Å². The molecule has 0 unspecified atom stereocenters. The number of imide groups is 1. The van der Waals surface area contributed by atoms with Gasteiger partial charge in [-0.3, -0.25) is 24.5 Å². The van der Waals surface area contributed by atoms with Gasteiger partial charge in [-0.2, -0.15) is 13.2 Å². The molecule has 3 amide bonds. The van der Waals surface area contributed by atoms with Crippen molar-refractivity contribution in [2.75, 3.05) is 15.1 Å². The van der Waals surface area contributed by atoms with Crippen LogP contribution in [-0.4, -0.2) is 34.7 Å². The van der Waals surface area contributed by atoms with Gasteiger partial charge in [0.1, 0.15) is 6.04 Å². The van der Waals surface area contributed by atoms with Crippen LogP contribution >= 0.6 is 0 Å². The highest BCUT2D eigenvalue weighted by Crippen LogP contribution is 2.49. The summed E-state index contributed by atoms with van der Waals surface area (Å²) in [5.74, 6) is -4.33. The zero-order valence-electron chi connectivity index (χ0n) is 20.4. The molecule has 3 heterocycles. The van der Waals surface area contributed by atoms with Crippen molar-refractivity contribution in [3.63, 3.8) is 0 Å². The van der Waals surface area contributed by atoms with Gasteiger partial charge in [0.05, 0.1) is 34.1 Å². The second-order valence-corrected chi connectivity index (χ2v) is 9.67. The Hall–Kier alpha value is -5.00. The molecule has 0 aromatic heterocycles. The van der Waals surface area contributed by atoms with Crippen LogP contribution in [0.4, 0.5) is 35.9 Å². The van der Waals surface area contributed by atoms with E-state index in [0.717, 1.165) is 28.7 Å². The number of non-ortho nitro benzene ring substituents is 1. The molecule has 3 aromatic rings. The van der Waals surface area contributed by atoms with Crippen LogP contribution in [0.1, 0.15) is 11.1 Å². The van der Waals surface area contributed by atoms with E-state index in [0.29, 0.717) is 5.69 Å². The summed E-state index contributed by atoms with van der Waals surface area (Å²) >= 11 is 0. The summed E-state index contributed by atoms with van der Waals surface area (Å²) in [5, 5.41) is 13.7. The number of halogens is 3. The third kappa shape index (κ3) is 3.91. The predicted octanol–water partition coefficient (Wildman–Crippen LogP) is 4.64. The van der Waals surface area contributed by atoms with Gasteiger partial charge >= 0.3 is 6.18 Å². The van der Waals surface area contributed by atoms with Gasteiger partial charge in [0.25, 0.3) is 5.69 Å². The van der Waals surface area contributed by atoms with Crippen LogP contribution in [0.2, 0.25) is 0 Å². The zero-order valence-corrected chi connectivity index (χ0v) is 20.4. The van der Waals surface area contributed by atoms with Crippen LogP contribution < -0.4 is 15.1 Å². The van der Waals surface area contributed by atoms with E-state index in [1.54, 1.807) is 35.3 Å². The molecule has 2 saturated heterocycles. The topological polar surface area (TPSA) is 113 Å². The SMILES string of the molecule is O=C(Nc1ccc([N+](=O)[O-])cc1)[C@H]1[C@H]2C(=O)N(c3cccc(C(F)(F)F)c3)C(=O)[C@H]2[C@@H]2C=Cc3ccccc3N21. The number of nitrogens with one attached hydrogen (secondary N) is 1. The van der Waals surface area contributed by atoms with Gasteiger partial charge in [0.2, 0.25) is 17.7 Å². The number of hydrogen-bond acceptors (Lipinski definition) is 6. The number of nitro benzene ring substituents is 1. The molecule has 4 atom stereocenters. The average molecular weight is 548 g/mol. The number of fused-ring (bicyclic) bond motifs is 5. The molecule has 0 aliphatic carbocycles. The Morgan fingerprint density at radius 1 is 0.925 bits per heavy atom. The first-order valence-corrected chi connectivity index (χ1v) is 12.2. The minimum atomic E-state index is -4.68. The molecule has 6 rings (SSSR count). The summed E-state index contributed by atoms with van der Waals surface area (Å²) in [6, 6.07) is 14.3. The first kappa shape index (κ1) is 25.3. The monoisotopic (exact) mass is 548 g/mol. The summed E-state index contributed by atoms with van der Waals surface area (Å²) in [6.45, 7) is 0. The summed E-state index contributed by atoms with van der Waals surface area (Å²) in [4.78, 5) is 54.2. The smallest absolute Gasteiger partial charge is 0.351 e. The molecule has 40 heavy (non-hydrogen) atoms. The van der Waals surface area contributed by atoms with E-state index < -0.39 is 58.3 Å². The van der Waals surface area contributed by atoms with Gasteiger partial charge < -0.3 is 10.2 Å². The number of carbonyl (C=O) groups excluding carboxylic acids is 3. The third-order valence-electron chi connectivity index (χ3n) is 7.46. The fourth-order valence-corrected chi connectivity index (χ4v) is 5.77. The van der Waals surface area contributed by atoms with Gasteiger partial charge in [0, 0.05) is 23.5 Å². The van der Waals surface area contributed by atoms with E-state index in [4.69, 9.17) is 0 Å². The first-order valence-electron chi connectivity index (χ1n) is 12.2. The van der Waals surface area contributed by atoms with Crippen molar-refractivity contribution in [3.8, 4) is 0 Å². The zero-order chi connectivity index (χ0) is 28.3. The molecule has 2 fully saturated rings. The number of anilines is 3. The maximum absolute atomic E-state index is 13.8. The Balaban J connectivity index is 1.41. The highest BCUT2D eigenvalue weighted by molar-refractivity contribution is 6.25. The molecule has 3 aliphatic rings. The van der Waals surface area contributed by atoms with Gasteiger partial charge in [-0.15, -0.1) is 0 Å².